The smallest absolute Gasteiger partial charge is 0.307 e. The van der Waals surface area contributed by atoms with Crippen molar-refractivity contribution in [1.82, 2.24) is 4.57 Å². The van der Waals surface area contributed by atoms with Crippen LogP contribution in [0.5, 0.6) is 0 Å². The van der Waals surface area contributed by atoms with Crippen LogP contribution in [0.3, 0.4) is 0 Å². The molecule has 0 aliphatic rings. The van der Waals surface area contributed by atoms with E-state index < -0.39 is 5.97 Å². The normalized spacial score (nSPS) is 11.1. The molecule has 23 heavy (non-hydrogen) atoms. The van der Waals surface area contributed by atoms with Crippen LogP contribution >= 0.6 is 23.4 Å². The van der Waals surface area contributed by atoms with E-state index in [2.05, 4.69) is 11.5 Å². The average Bonchev–Trinajstić information content (AvgIpc) is 2.73. The predicted octanol–water partition coefficient (Wildman–Crippen LogP) is 4.92. The second-order valence-electron chi connectivity index (χ2n) is 5.42. The number of nitrogens with zero attached hydrogens (tertiary/aromatic N) is 1. The first-order valence-electron chi connectivity index (χ1n) is 7.19. The van der Waals surface area contributed by atoms with Crippen molar-refractivity contribution in [3.05, 3.63) is 58.7 Å². The van der Waals surface area contributed by atoms with Crippen molar-refractivity contribution in [2.75, 3.05) is 0 Å². The van der Waals surface area contributed by atoms with Crippen LogP contribution in [0.4, 0.5) is 0 Å². The molecule has 1 N–H and O–H groups in total. The van der Waals surface area contributed by atoms with Gasteiger partial charge in [0.05, 0.1) is 11.9 Å². The summed E-state index contributed by atoms with van der Waals surface area (Å²) in [6, 6.07) is 13.5. The third-order valence-corrected chi connectivity index (χ3v) is 5.50. The molecule has 0 spiro atoms. The van der Waals surface area contributed by atoms with Gasteiger partial charge in [-0.3, -0.25) is 4.79 Å². The zero-order chi connectivity index (χ0) is 16.6. The number of halogens is 1. The number of carbonyl (C=O) groups is 1. The minimum atomic E-state index is -0.820. The van der Waals surface area contributed by atoms with E-state index in [1.54, 1.807) is 11.8 Å². The van der Waals surface area contributed by atoms with Crippen molar-refractivity contribution in [1.29, 1.82) is 0 Å². The SMILES string of the molecule is Cc1c(Sc2ccccc2CC(=O)O)c2ccc(Cl)cc2n1C. The maximum atomic E-state index is 11.1. The maximum absolute atomic E-state index is 11.1. The molecular weight excluding hydrogens is 330 g/mol. The van der Waals surface area contributed by atoms with E-state index >= 15 is 0 Å². The van der Waals surface area contributed by atoms with Gasteiger partial charge in [-0.25, -0.2) is 0 Å². The van der Waals surface area contributed by atoms with Gasteiger partial charge in [0.25, 0.3) is 0 Å². The van der Waals surface area contributed by atoms with Crippen molar-refractivity contribution >= 4 is 40.2 Å². The molecule has 0 unspecified atom stereocenters. The van der Waals surface area contributed by atoms with Gasteiger partial charge in [0.2, 0.25) is 0 Å². The van der Waals surface area contributed by atoms with Gasteiger partial charge in [-0.05, 0) is 30.7 Å². The Labute approximate surface area is 143 Å². The van der Waals surface area contributed by atoms with Crippen molar-refractivity contribution in [2.24, 2.45) is 7.05 Å². The molecule has 3 aromatic rings. The predicted molar refractivity (Wildman–Crippen MR) is 94.6 cm³/mol. The molecule has 3 rings (SSSR count). The van der Waals surface area contributed by atoms with Gasteiger partial charge in [0.1, 0.15) is 0 Å². The lowest BCUT2D eigenvalue weighted by Crippen LogP contribution is -2.01. The van der Waals surface area contributed by atoms with Crippen LogP contribution in [0.1, 0.15) is 11.3 Å². The average molecular weight is 346 g/mol. The van der Waals surface area contributed by atoms with E-state index in [0.717, 1.165) is 32.0 Å². The number of aryl methyl sites for hydroxylation is 1. The highest BCUT2D eigenvalue weighted by Gasteiger charge is 2.15. The Kier molecular flexibility index (Phi) is 4.37. The third kappa shape index (κ3) is 3.09. The van der Waals surface area contributed by atoms with Crippen molar-refractivity contribution in [3.63, 3.8) is 0 Å². The maximum Gasteiger partial charge on any atom is 0.307 e. The number of rotatable bonds is 4. The van der Waals surface area contributed by atoms with Crippen LogP contribution in [0.15, 0.2) is 52.3 Å². The fourth-order valence-corrected chi connectivity index (χ4v) is 4.02. The summed E-state index contributed by atoms with van der Waals surface area (Å²) in [7, 11) is 2.02. The second kappa shape index (κ2) is 6.30. The second-order valence-corrected chi connectivity index (χ2v) is 6.90. The zero-order valence-corrected chi connectivity index (χ0v) is 14.4. The molecule has 0 aliphatic heterocycles. The molecule has 5 heteroatoms. The Morgan fingerprint density at radius 3 is 2.74 bits per heavy atom. The number of carboxylic acid groups (broad SMARTS) is 1. The number of carboxylic acids is 1. The first-order valence-corrected chi connectivity index (χ1v) is 8.39. The van der Waals surface area contributed by atoms with E-state index in [-0.39, 0.29) is 6.42 Å². The molecule has 0 amide bonds. The Hall–Kier alpha value is -1.91. The number of aliphatic carboxylic acids is 1. The van der Waals surface area contributed by atoms with E-state index in [1.165, 1.54) is 0 Å². The van der Waals surface area contributed by atoms with Crippen LogP contribution < -0.4 is 0 Å². The lowest BCUT2D eigenvalue weighted by Gasteiger charge is -2.08. The Morgan fingerprint density at radius 2 is 2.00 bits per heavy atom. The summed E-state index contributed by atoms with van der Waals surface area (Å²) >= 11 is 7.72. The van der Waals surface area contributed by atoms with Crippen molar-refractivity contribution < 1.29 is 9.90 Å². The first kappa shape index (κ1) is 16.0. The van der Waals surface area contributed by atoms with Gasteiger partial charge in [-0.15, -0.1) is 0 Å². The lowest BCUT2D eigenvalue weighted by atomic mass is 10.1. The molecule has 0 saturated heterocycles. The zero-order valence-electron chi connectivity index (χ0n) is 12.8. The molecule has 0 saturated carbocycles. The Morgan fingerprint density at radius 1 is 1.26 bits per heavy atom. The highest BCUT2D eigenvalue weighted by atomic mass is 35.5. The quantitative estimate of drug-likeness (QED) is 0.729. The van der Waals surface area contributed by atoms with Gasteiger partial charge in [0.15, 0.2) is 0 Å². The summed E-state index contributed by atoms with van der Waals surface area (Å²) in [6.07, 6.45) is 0.0266. The monoisotopic (exact) mass is 345 g/mol. The van der Waals surface area contributed by atoms with E-state index in [9.17, 15) is 4.79 Å². The summed E-state index contributed by atoms with van der Waals surface area (Å²) in [5, 5.41) is 10.9. The van der Waals surface area contributed by atoms with Crippen molar-refractivity contribution in [3.8, 4) is 0 Å². The molecule has 2 aromatic carbocycles. The largest absolute Gasteiger partial charge is 0.481 e. The van der Waals surface area contributed by atoms with Gasteiger partial charge in [-0.1, -0.05) is 47.6 Å². The van der Waals surface area contributed by atoms with Gasteiger partial charge in [0, 0.05) is 32.9 Å². The fraction of sp³-hybridized carbons (Fsp3) is 0.167. The van der Waals surface area contributed by atoms with Gasteiger partial charge < -0.3 is 9.67 Å². The van der Waals surface area contributed by atoms with Gasteiger partial charge in [-0.2, -0.15) is 0 Å². The van der Waals surface area contributed by atoms with Crippen molar-refractivity contribution in [2.45, 2.75) is 23.1 Å². The molecule has 0 bridgehead atoms. The third-order valence-electron chi connectivity index (χ3n) is 3.92. The number of aromatic nitrogens is 1. The first-order chi connectivity index (χ1) is 11.0. The fourth-order valence-electron chi connectivity index (χ4n) is 2.65. The molecule has 0 aliphatic carbocycles. The van der Waals surface area contributed by atoms with Crippen LogP contribution in [0.25, 0.3) is 10.9 Å². The highest BCUT2D eigenvalue weighted by Crippen LogP contribution is 2.39. The standard InChI is InChI=1S/C18H16ClNO2S/c1-11-18(14-8-7-13(19)10-15(14)20(11)2)23-16-6-4-3-5-12(16)9-17(21)22/h3-8,10H,9H2,1-2H3,(H,21,22). The van der Waals surface area contributed by atoms with E-state index in [0.29, 0.717) is 5.02 Å². The molecule has 0 atom stereocenters. The summed E-state index contributed by atoms with van der Waals surface area (Å²) in [4.78, 5) is 13.2. The Balaban J connectivity index is 2.09. The van der Waals surface area contributed by atoms with Crippen LogP contribution in [0, 0.1) is 6.92 Å². The summed E-state index contributed by atoms with van der Waals surface area (Å²) in [5.74, 6) is -0.820. The summed E-state index contributed by atoms with van der Waals surface area (Å²) in [5.41, 5.74) is 3.04. The molecule has 1 heterocycles. The van der Waals surface area contributed by atoms with Crippen LogP contribution in [-0.4, -0.2) is 15.6 Å². The van der Waals surface area contributed by atoms with Crippen LogP contribution in [0.2, 0.25) is 5.02 Å². The van der Waals surface area contributed by atoms with Crippen LogP contribution in [-0.2, 0) is 18.3 Å². The number of hydrogen-bond acceptors (Lipinski definition) is 2. The molecular formula is C18H16ClNO2S. The van der Waals surface area contributed by atoms with E-state index in [4.69, 9.17) is 16.7 Å². The molecule has 3 nitrogen and oxygen atoms in total. The lowest BCUT2D eigenvalue weighted by molar-refractivity contribution is -0.136. The molecule has 0 radical (unpaired) electrons. The minimum Gasteiger partial charge on any atom is -0.481 e. The summed E-state index contributed by atoms with van der Waals surface area (Å²) in [6.45, 7) is 2.07. The molecule has 0 fully saturated rings. The van der Waals surface area contributed by atoms with Gasteiger partial charge >= 0.3 is 5.97 Å². The minimum absolute atomic E-state index is 0.0266. The topological polar surface area (TPSA) is 42.2 Å². The number of fused-ring (bicyclic) bond motifs is 1. The van der Waals surface area contributed by atoms with E-state index in [1.807, 2.05) is 49.5 Å². The molecule has 1 aromatic heterocycles. The Bertz CT molecular complexity index is 901. The number of hydrogen-bond donors (Lipinski definition) is 1. The summed E-state index contributed by atoms with van der Waals surface area (Å²) < 4.78 is 2.11. The number of benzene rings is 2. The molecule has 118 valence electrons. The highest BCUT2D eigenvalue weighted by molar-refractivity contribution is 7.99.